The van der Waals surface area contributed by atoms with Crippen LogP contribution in [0.2, 0.25) is 0 Å². The third kappa shape index (κ3) is 2.56. The standard InChI is InChI=1S/C13H15F3N4/c1-19(2)8-4-5-10(13(14,15)16)9(6-8)11-7-12(17)20(3)18-11/h4-7H,17H2,1-3H3. The minimum absolute atomic E-state index is 0.0241. The molecule has 0 atom stereocenters. The van der Waals surface area contributed by atoms with Crippen LogP contribution in [0.4, 0.5) is 24.7 Å². The fourth-order valence-electron chi connectivity index (χ4n) is 1.88. The topological polar surface area (TPSA) is 47.1 Å². The molecule has 0 radical (unpaired) electrons. The van der Waals surface area contributed by atoms with E-state index in [1.165, 1.54) is 22.9 Å². The number of anilines is 2. The van der Waals surface area contributed by atoms with Gasteiger partial charge in [0.1, 0.15) is 5.82 Å². The van der Waals surface area contributed by atoms with E-state index in [9.17, 15) is 13.2 Å². The maximum atomic E-state index is 13.1. The number of hydrogen-bond acceptors (Lipinski definition) is 3. The van der Waals surface area contributed by atoms with E-state index >= 15 is 0 Å². The molecule has 2 N–H and O–H groups in total. The van der Waals surface area contributed by atoms with Gasteiger partial charge in [0.05, 0.1) is 11.3 Å². The zero-order valence-corrected chi connectivity index (χ0v) is 11.4. The predicted octanol–water partition coefficient (Wildman–Crippen LogP) is 2.75. The first-order valence-corrected chi connectivity index (χ1v) is 5.88. The highest BCUT2D eigenvalue weighted by Crippen LogP contribution is 2.38. The molecule has 108 valence electrons. The lowest BCUT2D eigenvalue weighted by Crippen LogP contribution is -2.12. The molecule has 0 fully saturated rings. The van der Waals surface area contributed by atoms with Gasteiger partial charge in [0, 0.05) is 38.5 Å². The number of nitrogens with zero attached hydrogens (tertiary/aromatic N) is 3. The molecule has 2 aromatic rings. The Morgan fingerprint density at radius 3 is 2.30 bits per heavy atom. The van der Waals surface area contributed by atoms with Crippen LogP contribution in [0, 0.1) is 0 Å². The monoisotopic (exact) mass is 284 g/mol. The van der Waals surface area contributed by atoms with Crippen LogP contribution in [0.3, 0.4) is 0 Å². The Bertz CT molecular complexity index is 610. The Kier molecular flexibility index (Phi) is 3.37. The van der Waals surface area contributed by atoms with Crippen molar-refractivity contribution in [3.8, 4) is 11.3 Å². The Morgan fingerprint density at radius 2 is 1.85 bits per heavy atom. The molecular formula is C13H15F3N4. The Labute approximate surface area is 114 Å². The van der Waals surface area contributed by atoms with Gasteiger partial charge in [-0.3, -0.25) is 4.68 Å². The first kappa shape index (κ1) is 14.2. The summed E-state index contributed by atoms with van der Waals surface area (Å²) in [5.41, 5.74) is 5.82. The van der Waals surface area contributed by atoms with Crippen molar-refractivity contribution < 1.29 is 13.2 Å². The number of alkyl halides is 3. The highest BCUT2D eigenvalue weighted by atomic mass is 19.4. The number of benzene rings is 1. The van der Waals surface area contributed by atoms with Crippen molar-refractivity contribution in [2.24, 2.45) is 7.05 Å². The van der Waals surface area contributed by atoms with Gasteiger partial charge in [-0.15, -0.1) is 0 Å². The summed E-state index contributed by atoms with van der Waals surface area (Å²) in [5, 5.41) is 4.03. The van der Waals surface area contributed by atoms with Gasteiger partial charge >= 0.3 is 6.18 Å². The van der Waals surface area contributed by atoms with Crippen molar-refractivity contribution in [3.63, 3.8) is 0 Å². The molecule has 0 unspecified atom stereocenters. The van der Waals surface area contributed by atoms with E-state index in [1.807, 2.05) is 0 Å². The van der Waals surface area contributed by atoms with Gasteiger partial charge in [-0.1, -0.05) is 0 Å². The Morgan fingerprint density at radius 1 is 1.20 bits per heavy atom. The van der Waals surface area contributed by atoms with E-state index in [1.54, 1.807) is 26.0 Å². The van der Waals surface area contributed by atoms with E-state index in [-0.39, 0.29) is 11.3 Å². The molecule has 0 spiro atoms. The van der Waals surface area contributed by atoms with E-state index in [0.717, 1.165) is 6.07 Å². The van der Waals surface area contributed by atoms with Gasteiger partial charge < -0.3 is 10.6 Å². The Hall–Kier alpha value is -2.18. The van der Waals surface area contributed by atoms with Gasteiger partial charge in [0.25, 0.3) is 0 Å². The summed E-state index contributed by atoms with van der Waals surface area (Å²) < 4.78 is 40.6. The third-order valence-electron chi connectivity index (χ3n) is 3.02. The summed E-state index contributed by atoms with van der Waals surface area (Å²) in [5.74, 6) is 0.309. The third-order valence-corrected chi connectivity index (χ3v) is 3.02. The van der Waals surface area contributed by atoms with Crippen LogP contribution in [-0.4, -0.2) is 23.9 Å². The van der Waals surface area contributed by atoms with Crippen molar-refractivity contribution in [1.29, 1.82) is 0 Å². The van der Waals surface area contributed by atoms with Crippen molar-refractivity contribution in [3.05, 3.63) is 29.8 Å². The average molecular weight is 284 g/mol. The zero-order valence-electron chi connectivity index (χ0n) is 11.4. The molecule has 0 aliphatic rings. The van der Waals surface area contributed by atoms with E-state index in [2.05, 4.69) is 5.10 Å². The van der Waals surface area contributed by atoms with Crippen LogP contribution in [0.25, 0.3) is 11.3 Å². The smallest absolute Gasteiger partial charge is 0.384 e. The number of halogens is 3. The number of rotatable bonds is 2. The fraction of sp³-hybridized carbons (Fsp3) is 0.308. The van der Waals surface area contributed by atoms with Crippen molar-refractivity contribution in [1.82, 2.24) is 9.78 Å². The predicted molar refractivity (Wildman–Crippen MR) is 72.4 cm³/mol. The fourth-order valence-corrected chi connectivity index (χ4v) is 1.88. The summed E-state index contributed by atoms with van der Waals surface area (Å²) in [6, 6.07) is 5.39. The van der Waals surface area contributed by atoms with Gasteiger partial charge in [-0.25, -0.2) is 0 Å². The maximum absolute atomic E-state index is 13.1. The molecule has 1 heterocycles. The van der Waals surface area contributed by atoms with E-state index in [0.29, 0.717) is 11.5 Å². The molecule has 1 aromatic heterocycles. The molecule has 0 saturated carbocycles. The molecule has 0 amide bonds. The van der Waals surface area contributed by atoms with E-state index in [4.69, 9.17) is 5.73 Å². The lowest BCUT2D eigenvalue weighted by Gasteiger charge is -2.17. The molecule has 0 saturated heterocycles. The normalized spacial score (nSPS) is 11.7. The second kappa shape index (κ2) is 4.73. The minimum Gasteiger partial charge on any atom is -0.384 e. The summed E-state index contributed by atoms with van der Waals surface area (Å²) in [6.45, 7) is 0. The Balaban J connectivity index is 2.66. The quantitative estimate of drug-likeness (QED) is 0.922. The first-order valence-electron chi connectivity index (χ1n) is 5.88. The summed E-state index contributed by atoms with van der Waals surface area (Å²) in [4.78, 5) is 1.73. The SMILES string of the molecule is CN(C)c1ccc(C(F)(F)F)c(-c2cc(N)n(C)n2)c1. The van der Waals surface area contributed by atoms with Crippen LogP contribution in [0.15, 0.2) is 24.3 Å². The highest BCUT2D eigenvalue weighted by Gasteiger charge is 2.34. The van der Waals surface area contributed by atoms with Crippen LogP contribution < -0.4 is 10.6 Å². The molecule has 4 nitrogen and oxygen atoms in total. The average Bonchev–Trinajstić information content (AvgIpc) is 2.67. The molecule has 7 heteroatoms. The first-order chi connectivity index (χ1) is 9.20. The van der Waals surface area contributed by atoms with Crippen molar-refractivity contribution in [2.75, 3.05) is 24.7 Å². The zero-order chi connectivity index (χ0) is 15.1. The molecule has 2 rings (SSSR count). The van der Waals surface area contributed by atoms with Gasteiger partial charge in [0.15, 0.2) is 0 Å². The number of hydrogen-bond donors (Lipinski definition) is 1. The number of nitrogens with two attached hydrogens (primary N) is 1. The van der Waals surface area contributed by atoms with Crippen LogP contribution in [0.5, 0.6) is 0 Å². The van der Waals surface area contributed by atoms with Gasteiger partial charge in [-0.2, -0.15) is 18.3 Å². The van der Waals surface area contributed by atoms with Crippen LogP contribution >= 0.6 is 0 Å². The molecule has 1 aromatic carbocycles. The number of nitrogen functional groups attached to an aromatic ring is 1. The van der Waals surface area contributed by atoms with Crippen LogP contribution in [-0.2, 0) is 13.2 Å². The summed E-state index contributed by atoms with van der Waals surface area (Å²) in [6.07, 6.45) is -4.44. The molecule has 20 heavy (non-hydrogen) atoms. The molecule has 0 aliphatic heterocycles. The second-order valence-corrected chi connectivity index (χ2v) is 4.70. The number of aromatic nitrogens is 2. The summed E-state index contributed by atoms with van der Waals surface area (Å²) >= 11 is 0. The van der Waals surface area contributed by atoms with Crippen molar-refractivity contribution in [2.45, 2.75) is 6.18 Å². The molecule has 0 bridgehead atoms. The molecular weight excluding hydrogens is 269 g/mol. The lowest BCUT2D eigenvalue weighted by atomic mass is 10.0. The van der Waals surface area contributed by atoms with Crippen LogP contribution in [0.1, 0.15) is 5.56 Å². The number of aryl methyl sites for hydroxylation is 1. The second-order valence-electron chi connectivity index (χ2n) is 4.70. The minimum atomic E-state index is -4.44. The largest absolute Gasteiger partial charge is 0.417 e. The summed E-state index contributed by atoms with van der Waals surface area (Å²) in [7, 11) is 5.11. The maximum Gasteiger partial charge on any atom is 0.417 e. The van der Waals surface area contributed by atoms with Crippen molar-refractivity contribution >= 4 is 11.5 Å². The van der Waals surface area contributed by atoms with Gasteiger partial charge in [0.2, 0.25) is 0 Å². The highest BCUT2D eigenvalue weighted by molar-refractivity contribution is 5.71. The van der Waals surface area contributed by atoms with E-state index < -0.39 is 11.7 Å². The lowest BCUT2D eigenvalue weighted by molar-refractivity contribution is -0.137. The van der Waals surface area contributed by atoms with Gasteiger partial charge in [-0.05, 0) is 18.2 Å². The molecule has 0 aliphatic carbocycles.